The van der Waals surface area contributed by atoms with E-state index in [0.29, 0.717) is 0 Å². The summed E-state index contributed by atoms with van der Waals surface area (Å²) in [6.07, 6.45) is 0. The normalized spacial score (nSPS) is 12.9. The summed E-state index contributed by atoms with van der Waals surface area (Å²) in [5.41, 5.74) is 2.34. The standard InChI is InChI=1S/C15H25BrN2O/c1-4-18(5-2)9-8-17-15(11-19)13-7-6-12(3)10-14(13)16/h6-7,10,15,17,19H,4-5,8-9,11H2,1-3H3. The average molecular weight is 329 g/mol. The lowest BCUT2D eigenvalue weighted by Gasteiger charge is -2.22. The molecule has 0 fully saturated rings. The van der Waals surface area contributed by atoms with E-state index in [1.807, 2.05) is 0 Å². The van der Waals surface area contributed by atoms with Gasteiger partial charge >= 0.3 is 0 Å². The summed E-state index contributed by atoms with van der Waals surface area (Å²) in [4.78, 5) is 2.37. The Hall–Kier alpha value is -0.420. The van der Waals surface area contributed by atoms with Gasteiger partial charge in [-0.25, -0.2) is 0 Å². The van der Waals surface area contributed by atoms with Crippen LogP contribution in [0.2, 0.25) is 0 Å². The number of aliphatic hydroxyl groups is 1. The van der Waals surface area contributed by atoms with E-state index in [1.165, 1.54) is 5.56 Å². The van der Waals surface area contributed by atoms with Crippen molar-refractivity contribution in [1.29, 1.82) is 0 Å². The van der Waals surface area contributed by atoms with Crippen molar-refractivity contribution in [1.82, 2.24) is 10.2 Å². The maximum Gasteiger partial charge on any atom is 0.0626 e. The second-order valence-corrected chi connectivity index (χ2v) is 5.60. The number of halogens is 1. The van der Waals surface area contributed by atoms with E-state index >= 15 is 0 Å². The Kier molecular flexibility index (Phi) is 7.61. The zero-order valence-corrected chi connectivity index (χ0v) is 13.7. The molecule has 1 aromatic carbocycles. The molecule has 0 radical (unpaired) electrons. The van der Waals surface area contributed by atoms with Crippen molar-refractivity contribution in [3.8, 4) is 0 Å². The number of aliphatic hydroxyl groups excluding tert-OH is 1. The van der Waals surface area contributed by atoms with Crippen LogP contribution in [0.25, 0.3) is 0 Å². The summed E-state index contributed by atoms with van der Waals surface area (Å²) >= 11 is 3.58. The molecule has 1 atom stereocenters. The monoisotopic (exact) mass is 328 g/mol. The maximum absolute atomic E-state index is 9.56. The van der Waals surface area contributed by atoms with Crippen molar-refractivity contribution in [2.75, 3.05) is 32.8 Å². The van der Waals surface area contributed by atoms with Crippen molar-refractivity contribution >= 4 is 15.9 Å². The minimum Gasteiger partial charge on any atom is -0.394 e. The van der Waals surface area contributed by atoms with Crippen LogP contribution in [0.15, 0.2) is 22.7 Å². The van der Waals surface area contributed by atoms with Gasteiger partial charge in [-0.15, -0.1) is 0 Å². The molecule has 0 saturated carbocycles. The van der Waals surface area contributed by atoms with Gasteiger partial charge in [-0.2, -0.15) is 0 Å². The molecule has 19 heavy (non-hydrogen) atoms. The summed E-state index contributed by atoms with van der Waals surface area (Å²) < 4.78 is 1.06. The van der Waals surface area contributed by atoms with Gasteiger partial charge < -0.3 is 15.3 Å². The third-order valence-electron chi connectivity index (χ3n) is 3.43. The minimum absolute atomic E-state index is 0.00876. The molecule has 0 aliphatic heterocycles. The zero-order valence-electron chi connectivity index (χ0n) is 12.1. The lowest BCUT2D eigenvalue weighted by atomic mass is 10.1. The van der Waals surface area contributed by atoms with Gasteiger partial charge in [0.1, 0.15) is 0 Å². The SMILES string of the molecule is CCN(CC)CCNC(CO)c1ccc(C)cc1Br. The summed E-state index contributed by atoms with van der Waals surface area (Å²) in [7, 11) is 0. The Bertz CT molecular complexity index is 380. The van der Waals surface area contributed by atoms with E-state index in [2.05, 4.69) is 65.1 Å². The molecule has 0 bridgehead atoms. The number of aryl methyl sites for hydroxylation is 1. The van der Waals surface area contributed by atoms with Crippen molar-refractivity contribution in [3.63, 3.8) is 0 Å². The molecule has 1 rings (SSSR count). The van der Waals surface area contributed by atoms with Gasteiger partial charge in [0.2, 0.25) is 0 Å². The van der Waals surface area contributed by atoms with Crippen LogP contribution in [0.1, 0.15) is 31.0 Å². The maximum atomic E-state index is 9.56. The molecule has 0 aromatic heterocycles. The molecule has 0 saturated heterocycles. The van der Waals surface area contributed by atoms with Crippen LogP contribution in [0.5, 0.6) is 0 Å². The van der Waals surface area contributed by atoms with Crippen LogP contribution >= 0.6 is 15.9 Å². The molecule has 0 aliphatic carbocycles. The predicted molar refractivity (Wildman–Crippen MR) is 84.5 cm³/mol. The highest BCUT2D eigenvalue weighted by atomic mass is 79.9. The van der Waals surface area contributed by atoms with Gasteiger partial charge in [0.05, 0.1) is 12.6 Å². The molecule has 0 amide bonds. The first-order valence-corrected chi connectivity index (χ1v) is 7.74. The Morgan fingerprint density at radius 2 is 2.00 bits per heavy atom. The number of likely N-dealkylation sites (N-methyl/N-ethyl adjacent to an activating group) is 1. The minimum atomic E-state index is -0.00876. The van der Waals surface area contributed by atoms with Gasteiger partial charge in [0.15, 0.2) is 0 Å². The van der Waals surface area contributed by atoms with Crippen LogP contribution in [0.4, 0.5) is 0 Å². The molecule has 1 aromatic rings. The molecule has 2 N–H and O–H groups in total. The first kappa shape index (κ1) is 16.6. The fraction of sp³-hybridized carbons (Fsp3) is 0.600. The molecule has 108 valence electrons. The van der Waals surface area contributed by atoms with E-state index in [-0.39, 0.29) is 12.6 Å². The molecule has 3 nitrogen and oxygen atoms in total. The summed E-state index contributed by atoms with van der Waals surface area (Å²) in [6.45, 7) is 10.5. The van der Waals surface area contributed by atoms with Crippen molar-refractivity contribution in [2.45, 2.75) is 26.8 Å². The number of benzene rings is 1. The van der Waals surface area contributed by atoms with E-state index in [4.69, 9.17) is 0 Å². The lowest BCUT2D eigenvalue weighted by Crippen LogP contribution is -2.34. The van der Waals surface area contributed by atoms with Crippen LogP contribution in [-0.4, -0.2) is 42.8 Å². The van der Waals surface area contributed by atoms with Crippen molar-refractivity contribution in [3.05, 3.63) is 33.8 Å². The first-order chi connectivity index (χ1) is 9.12. The third kappa shape index (κ3) is 5.22. The number of hydrogen-bond donors (Lipinski definition) is 2. The topological polar surface area (TPSA) is 35.5 Å². The zero-order chi connectivity index (χ0) is 14.3. The molecule has 0 spiro atoms. The third-order valence-corrected chi connectivity index (χ3v) is 4.11. The van der Waals surface area contributed by atoms with Gasteiger partial charge in [0, 0.05) is 17.6 Å². The molecule has 0 aliphatic rings. The molecule has 4 heteroatoms. The predicted octanol–water partition coefficient (Wildman–Crippen LogP) is 2.72. The molecule has 0 heterocycles. The van der Waals surface area contributed by atoms with E-state index in [9.17, 15) is 5.11 Å². The van der Waals surface area contributed by atoms with Crippen LogP contribution in [0, 0.1) is 6.92 Å². The summed E-state index contributed by atoms with van der Waals surface area (Å²) in [6, 6.07) is 6.23. The van der Waals surface area contributed by atoms with Crippen molar-refractivity contribution < 1.29 is 5.11 Å². The molecular formula is C15H25BrN2O. The van der Waals surface area contributed by atoms with Crippen LogP contribution < -0.4 is 5.32 Å². The first-order valence-electron chi connectivity index (χ1n) is 6.95. The Morgan fingerprint density at radius 3 is 2.53 bits per heavy atom. The highest BCUT2D eigenvalue weighted by molar-refractivity contribution is 9.10. The van der Waals surface area contributed by atoms with E-state index < -0.39 is 0 Å². The van der Waals surface area contributed by atoms with E-state index in [1.54, 1.807) is 0 Å². The van der Waals surface area contributed by atoms with Gasteiger partial charge in [-0.05, 0) is 37.2 Å². The Morgan fingerprint density at radius 1 is 1.32 bits per heavy atom. The van der Waals surface area contributed by atoms with E-state index in [0.717, 1.165) is 36.2 Å². The quantitative estimate of drug-likeness (QED) is 0.770. The molecule has 1 unspecified atom stereocenters. The Labute approximate surface area is 125 Å². The van der Waals surface area contributed by atoms with Crippen LogP contribution in [-0.2, 0) is 0 Å². The van der Waals surface area contributed by atoms with Gasteiger partial charge in [0.25, 0.3) is 0 Å². The largest absolute Gasteiger partial charge is 0.394 e. The fourth-order valence-corrected chi connectivity index (χ4v) is 2.89. The summed E-state index contributed by atoms with van der Waals surface area (Å²) in [5, 5.41) is 13.0. The average Bonchev–Trinajstić information content (AvgIpc) is 2.40. The number of rotatable bonds is 8. The second kappa shape index (κ2) is 8.69. The highest BCUT2D eigenvalue weighted by Crippen LogP contribution is 2.24. The van der Waals surface area contributed by atoms with Gasteiger partial charge in [-0.1, -0.05) is 41.9 Å². The van der Waals surface area contributed by atoms with Gasteiger partial charge in [-0.3, -0.25) is 0 Å². The van der Waals surface area contributed by atoms with Crippen molar-refractivity contribution in [2.24, 2.45) is 0 Å². The number of nitrogens with one attached hydrogen (secondary N) is 1. The summed E-state index contributed by atoms with van der Waals surface area (Å²) in [5.74, 6) is 0. The lowest BCUT2D eigenvalue weighted by molar-refractivity contribution is 0.233. The molecular weight excluding hydrogens is 304 g/mol. The number of nitrogens with zero attached hydrogens (tertiary/aromatic N) is 1. The van der Waals surface area contributed by atoms with Crippen LogP contribution in [0.3, 0.4) is 0 Å². The highest BCUT2D eigenvalue weighted by Gasteiger charge is 2.13. The number of hydrogen-bond acceptors (Lipinski definition) is 3. The Balaban J connectivity index is 2.58. The fourth-order valence-electron chi connectivity index (χ4n) is 2.12. The smallest absolute Gasteiger partial charge is 0.0626 e. The second-order valence-electron chi connectivity index (χ2n) is 4.74.